The number of hydrogen-bond donors (Lipinski definition) is 2. The third kappa shape index (κ3) is 11.2. The minimum atomic E-state index is -4.56. The van der Waals surface area contributed by atoms with E-state index in [4.69, 9.17) is 9.47 Å². The molecule has 4 atom stereocenters. The van der Waals surface area contributed by atoms with Crippen molar-refractivity contribution in [3.8, 4) is 11.8 Å². The summed E-state index contributed by atoms with van der Waals surface area (Å²) in [5.74, 6) is -0.875. The molecule has 2 aliphatic rings. The largest absolute Gasteiger partial charge is 0.476 e. The maximum atomic E-state index is 13.0. The lowest BCUT2D eigenvalue weighted by Crippen LogP contribution is -2.48. The maximum absolute atomic E-state index is 13.0. The molecule has 2 saturated heterocycles. The number of alkyl halides is 6. The van der Waals surface area contributed by atoms with Crippen molar-refractivity contribution in [1.82, 2.24) is 30.4 Å². The number of ether oxygens (including phenoxy) is 2. The number of halogens is 6. The van der Waals surface area contributed by atoms with Crippen LogP contribution in [0.1, 0.15) is 52.7 Å². The van der Waals surface area contributed by atoms with Gasteiger partial charge >= 0.3 is 12.4 Å². The van der Waals surface area contributed by atoms with Crippen LogP contribution >= 0.6 is 0 Å². The van der Waals surface area contributed by atoms with Crippen LogP contribution in [-0.4, -0.2) is 97.2 Å². The number of carbonyl (C=O) groups excluding carboxylic acids is 2. The predicted molar refractivity (Wildman–Crippen MR) is 174 cm³/mol. The fourth-order valence-corrected chi connectivity index (χ4v) is 5.59. The second-order valence-corrected chi connectivity index (χ2v) is 14.6. The van der Waals surface area contributed by atoms with Gasteiger partial charge in [0.15, 0.2) is 0 Å². The summed E-state index contributed by atoms with van der Waals surface area (Å²) in [6.45, 7) is 13.6. The van der Waals surface area contributed by atoms with Gasteiger partial charge in [0, 0.05) is 50.7 Å². The Balaban J connectivity index is 0.000000270. The van der Waals surface area contributed by atoms with Gasteiger partial charge in [0.1, 0.15) is 24.3 Å². The highest BCUT2D eigenvalue weighted by Gasteiger charge is 2.39. The smallest absolute Gasteiger partial charge is 0.421 e. The molecule has 0 radical (unpaired) electrons. The van der Waals surface area contributed by atoms with E-state index in [2.05, 4.69) is 44.2 Å². The first-order valence-corrected chi connectivity index (χ1v) is 16.3. The molecule has 0 saturated carbocycles. The minimum absolute atomic E-state index is 0.0253. The van der Waals surface area contributed by atoms with Crippen molar-refractivity contribution in [2.24, 2.45) is 22.7 Å². The molecule has 2 aromatic rings. The average molecular weight is 719 g/mol. The molecular weight excluding hydrogens is 670 g/mol. The van der Waals surface area contributed by atoms with E-state index in [1.54, 1.807) is 27.7 Å². The van der Waals surface area contributed by atoms with E-state index in [1.165, 1.54) is 24.5 Å². The Kier molecular flexibility index (Phi) is 13.2. The fraction of sp³-hybridized carbons (Fsp3) is 0.647. The van der Waals surface area contributed by atoms with Crippen molar-refractivity contribution in [2.75, 3.05) is 53.5 Å². The number of amides is 2. The molecule has 0 unspecified atom stereocenters. The van der Waals surface area contributed by atoms with Crippen molar-refractivity contribution in [1.29, 1.82) is 0 Å². The van der Waals surface area contributed by atoms with Crippen LogP contribution in [0.15, 0.2) is 36.7 Å². The zero-order chi connectivity index (χ0) is 37.7. The van der Waals surface area contributed by atoms with Gasteiger partial charge in [-0.05, 0) is 77.9 Å². The maximum Gasteiger partial charge on any atom is 0.421 e. The summed E-state index contributed by atoms with van der Waals surface area (Å²) in [6.07, 6.45) is -6.65. The molecule has 0 aliphatic carbocycles. The van der Waals surface area contributed by atoms with Crippen LogP contribution in [0.3, 0.4) is 0 Å². The van der Waals surface area contributed by atoms with Crippen LogP contribution in [0.4, 0.5) is 26.3 Å². The standard InChI is InChI=1S/2C17H24F3N3O2/c2*1-11-8-23(4)9-13(11)22-15(24)16(2,3)10-25-14-12(17(18,19)20)6-5-7-21-14/h2*5-7,11,13H,8-10H2,1-4H3,(H,22,24)/t2*11-,13-/m10/s1. The van der Waals surface area contributed by atoms with Gasteiger partial charge in [-0.3, -0.25) is 9.59 Å². The van der Waals surface area contributed by atoms with E-state index in [-0.39, 0.29) is 37.1 Å². The third-order valence-electron chi connectivity index (χ3n) is 8.74. The number of nitrogens with one attached hydrogen (secondary N) is 2. The molecule has 50 heavy (non-hydrogen) atoms. The molecule has 2 amide bonds. The monoisotopic (exact) mass is 718 g/mol. The molecule has 0 aromatic carbocycles. The lowest BCUT2D eigenvalue weighted by molar-refractivity contribution is -0.141. The number of pyridine rings is 2. The number of likely N-dealkylation sites (tertiary alicyclic amines) is 2. The highest BCUT2D eigenvalue weighted by atomic mass is 19.4. The Morgan fingerprint density at radius 2 is 1.04 bits per heavy atom. The molecule has 2 aromatic heterocycles. The number of aromatic nitrogens is 2. The van der Waals surface area contributed by atoms with Crippen molar-refractivity contribution in [2.45, 2.75) is 66.0 Å². The van der Waals surface area contributed by atoms with E-state index in [9.17, 15) is 35.9 Å². The predicted octanol–water partition coefficient (Wildman–Crippen LogP) is 5.14. The summed E-state index contributed by atoms with van der Waals surface area (Å²) in [5.41, 5.74) is -3.86. The third-order valence-corrected chi connectivity index (χ3v) is 8.74. The van der Waals surface area contributed by atoms with Crippen LogP contribution < -0.4 is 20.1 Å². The highest BCUT2D eigenvalue weighted by molar-refractivity contribution is 5.82. The topological polar surface area (TPSA) is 109 Å². The normalized spacial score (nSPS) is 22.0. The summed E-state index contributed by atoms with van der Waals surface area (Å²) in [5, 5.41) is 5.95. The average Bonchev–Trinajstić information content (AvgIpc) is 3.51. The van der Waals surface area contributed by atoms with E-state index in [0.717, 1.165) is 38.3 Å². The van der Waals surface area contributed by atoms with Crippen LogP contribution in [0.5, 0.6) is 11.8 Å². The first-order chi connectivity index (χ1) is 23.0. The molecule has 4 rings (SSSR count). The van der Waals surface area contributed by atoms with E-state index in [1.807, 2.05) is 14.1 Å². The minimum Gasteiger partial charge on any atom is -0.476 e. The SMILES string of the molecule is C[C@@H]1CN(C)C[C@H]1NC(=O)C(C)(C)COc1ncccc1C(F)(F)F.C[C@H]1CN(C)C[C@@H]1NC(=O)C(C)(C)COc1ncccc1C(F)(F)F. The van der Waals surface area contributed by atoms with Crippen LogP contribution in [0.2, 0.25) is 0 Å². The zero-order valence-corrected chi connectivity index (χ0v) is 29.7. The van der Waals surface area contributed by atoms with Crippen molar-refractivity contribution >= 4 is 11.8 Å². The number of hydrogen-bond acceptors (Lipinski definition) is 8. The summed E-state index contributed by atoms with van der Waals surface area (Å²) >= 11 is 0. The van der Waals surface area contributed by atoms with Gasteiger partial charge in [0.2, 0.25) is 23.6 Å². The lowest BCUT2D eigenvalue weighted by atomic mass is 9.92. The van der Waals surface area contributed by atoms with Gasteiger partial charge in [0.05, 0.1) is 10.8 Å². The number of carbonyl (C=O) groups is 2. The van der Waals surface area contributed by atoms with Crippen LogP contribution in [-0.2, 0) is 21.9 Å². The summed E-state index contributed by atoms with van der Waals surface area (Å²) in [4.78, 5) is 36.6. The molecule has 4 heterocycles. The molecule has 16 heteroatoms. The van der Waals surface area contributed by atoms with E-state index in [0.29, 0.717) is 11.8 Å². The molecule has 2 N–H and O–H groups in total. The van der Waals surface area contributed by atoms with Crippen molar-refractivity contribution in [3.63, 3.8) is 0 Å². The van der Waals surface area contributed by atoms with Gasteiger partial charge in [0.25, 0.3) is 0 Å². The molecule has 2 fully saturated rings. The number of rotatable bonds is 10. The van der Waals surface area contributed by atoms with Gasteiger partial charge in [-0.25, -0.2) is 9.97 Å². The van der Waals surface area contributed by atoms with Gasteiger partial charge in [-0.2, -0.15) is 26.3 Å². The molecule has 0 spiro atoms. The highest BCUT2D eigenvalue weighted by Crippen LogP contribution is 2.36. The Labute approximate surface area is 289 Å². The quantitative estimate of drug-likeness (QED) is 0.326. The Bertz CT molecular complexity index is 1350. The van der Waals surface area contributed by atoms with Gasteiger partial charge in [-0.15, -0.1) is 0 Å². The second-order valence-electron chi connectivity index (χ2n) is 14.6. The summed E-state index contributed by atoms with van der Waals surface area (Å²) in [6, 6.07) is 4.27. The first-order valence-electron chi connectivity index (χ1n) is 16.3. The van der Waals surface area contributed by atoms with Crippen LogP contribution in [0, 0.1) is 22.7 Å². The van der Waals surface area contributed by atoms with Crippen molar-refractivity contribution < 1.29 is 45.4 Å². The number of likely N-dealkylation sites (N-methyl/N-ethyl adjacent to an activating group) is 2. The zero-order valence-electron chi connectivity index (χ0n) is 29.7. The van der Waals surface area contributed by atoms with E-state index < -0.39 is 46.1 Å². The number of nitrogens with zero attached hydrogens (tertiary/aromatic N) is 4. The molecular formula is C34H48F6N6O4. The Morgan fingerprint density at radius 1 is 0.700 bits per heavy atom. The Morgan fingerprint density at radius 3 is 1.32 bits per heavy atom. The first kappa shape index (κ1) is 40.8. The molecule has 280 valence electrons. The van der Waals surface area contributed by atoms with E-state index >= 15 is 0 Å². The van der Waals surface area contributed by atoms with Gasteiger partial charge in [-0.1, -0.05) is 13.8 Å². The molecule has 2 aliphatic heterocycles. The summed E-state index contributed by atoms with van der Waals surface area (Å²) in [7, 11) is 3.97. The Hall–Kier alpha value is -3.66. The summed E-state index contributed by atoms with van der Waals surface area (Å²) < 4.78 is 88.4. The molecule has 10 nitrogen and oxygen atoms in total. The second kappa shape index (κ2) is 16.1. The van der Waals surface area contributed by atoms with Crippen molar-refractivity contribution in [3.05, 3.63) is 47.8 Å². The molecule has 0 bridgehead atoms. The van der Waals surface area contributed by atoms with Gasteiger partial charge < -0.3 is 29.9 Å². The lowest BCUT2D eigenvalue weighted by Gasteiger charge is -2.27. The fourth-order valence-electron chi connectivity index (χ4n) is 5.59. The van der Waals surface area contributed by atoms with Crippen LogP contribution in [0.25, 0.3) is 0 Å².